The molecule has 0 aliphatic carbocycles. The van der Waals surface area contributed by atoms with Gasteiger partial charge in [-0.3, -0.25) is 4.90 Å². The van der Waals surface area contributed by atoms with Gasteiger partial charge in [-0.05, 0) is 61.1 Å². The van der Waals surface area contributed by atoms with Crippen LogP contribution >= 0.6 is 0 Å². The second kappa shape index (κ2) is 5.98. The molecule has 2 aromatic carbocycles. The second-order valence-corrected chi connectivity index (χ2v) is 6.25. The van der Waals surface area contributed by atoms with Gasteiger partial charge in [0.25, 0.3) is 0 Å². The maximum Gasteiger partial charge on any atom is 0.0531 e. The second-order valence-electron chi connectivity index (χ2n) is 6.25. The summed E-state index contributed by atoms with van der Waals surface area (Å²) in [4.78, 5) is 2.58. The van der Waals surface area contributed by atoms with E-state index in [1.54, 1.807) is 0 Å². The fraction of sp³-hybridized carbons (Fsp3) is 0.300. The normalized spacial score (nSPS) is 16.2. The van der Waals surface area contributed by atoms with Crippen LogP contribution in [0.3, 0.4) is 0 Å². The first kappa shape index (κ1) is 13.6. The molecule has 0 atom stereocenters. The van der Waals surface area contributed by atoms with Gasteiger partial charge < -0.3 is 4.57 Å². The Morgan fingerprint density at radius 3 is 2.45 bits per heavy atom. The molecule has 1 aliphatic rings. The molecule has 0 spiro atoms. The lowest BCUT2D eigenvalue weighted by Gasteiger charge is -2.26. The Bertz CT molecular complexity index is 752. The van der Waals surface area contributed by atoms with Gasteiger partial charge >= 0.3 is 0 Å². The molecule has 2 heteroatoms. The average molecular weight is 290 g/mol. The summed E-state index contributed by atoms with van der Waals surface area (Å²) in [6, 6.07) is 19.7. The van der Waals surface area contributed by atoms with E-state index in [1.807, 2.05) is 0 Å². The Balaban J connectivity index is 1.67. The van der Waals surface area contributed by atoms with Crippen LogP contribution in [0.4, 0.5) is 0 Å². The predicted octanol–water partition coefficient (Wildman–Crippen LogP) is 4.62. The van der Waals surface area contributed by atoms with Crippen LogP contribution in [0.25, 0.3) is 16.6 Å². The molecule has 0 bridgehead atoms. The van der Waals surface area contributed by atoms with Crippen molar-refractivity contribution >= 4 is 10.9 Å². The van der Waals surface area contributed by atoms with Gasteiger partial charge in [0.15, 0.2) is 0 Å². The minimum absolute atomic E-state index is 1.08. The lowest BCUT2D eigenvalue weighted by atomic mass is 10.1. The number of benzene rings is 2. The SMILES string of the molecule is c1ccc(-n2ccc3ccc(CN4CCCCC4)cc32)cc1. The van der Waals surface area contributed by atoms with Crippen LogP contribution in [0.5, 0.6) is 0 Å². The zero-order chi connectivity index (χ0) is 14.8. The van der Waals surface area contributed by atoms with E-state index in [-0.39, 0.29) is 0 Å². The van der Waals surface area contributed by atoms with E-state index in [0.29, 0.717) is 0 Å². The van der Waals surface area contributed by atoms with Gasteiger partial charge in [0.05, 0.1) is 5.52 Å². The molecule has 0 radical (unpaired) electrons. The zero-order valence-electron chi connectivity index (χ0n) is 12.9. The molecular formula is C20H22N2. The number of hydrogen-bond donors (Lipinski definition) is 0. The minimum atomic E-state index is 1.08. The summed E-state index contributed by atoms with van der Waals surface area (Å²) in [5, 5.41) is 1.31. The number of nitrogens with zero attached hydrogens (tertiary/aromatic N) is 2. The lowest BCUT2D eigenvalue weighted by Crippen LogP contribution is -2.29. The topological polar surface area (TPSA) is 8.17 Å². The first-order valence-corrected chi connectivity index (χ1v) is 8.28. The highest BCUT2D eigenvalue weighted by molar-refractivity contribution is 5.82. The van der Waals surface area contributed by atoms with E-state index in [4.69, 9.17) is 0 Å². The van der Waals surface area contributed by atoms with Crippen LogP contribution in [0.2, 0.25) is 0 Å². The first-order chi connectivity index (χ1) is 10.9. The fourth-order valence-corrected chi connectivity index (χ4v) is 3.46. The van der Waals surface area contributed by atoms with Crippen molar-refractivity contribution in [2.45, 2.75) is 25.8 Å². The molecule has 2 nitrogen and oxygen atoms in total. The summed E-state index contributed by atoms with van der Waals surface area (Å²) >= 11 is 0. The molecule has 1 aromatic heterocycles. The average Bonchev–Trinajstić information content (AvgIpc) is 3.00. The number of aromatic nitrogens is 1. The van der Waals surface area contributed by atoms with Crippen LogP contribution in [-0.4, -0.2) is 22.6 Å². The number of rotatable bonds is 3. The standard InChI is InChI=1S/C20H22N2/c1-3-7-19(8-4-1)22-14-11-18-10-9-17(15-20(18)22)16-21-12-5-2-6-13-21/h1,3-4,7-11,14-15H,2,5-6,12-13,16H2. The first-order valence-electron chi connectivity index (χ1n) is 8.28. The van der Waals surface area contributed by atoms with E-state index >= 15 is 0 Å². The van der Waals surface area contributed by atoms with Crippen molar-refractivity contribution in [3.8, 4) is 5.69 Å². The van der Waals surface area contributed by atoms with Crippen molar-refractivity contribution in [1.29, 1.82) is 0 Å². The number of fused-ring (bicyclic) bond motifs is 1. The molecule has 2 heterocycles. The Morgan fingerprint density at radius 1 is 0.818 bits per heavy atom. The van der Waals surface area contributed by atoms with Crippen LogP contribution in [0.15, 0.2) is 60.8 Å². The monoisotopic (exact) mass is 290 g/mol. The van der Waals surface area contributed by atoms with Crippen molar-refractivity contribution in [3.05, 3.63) is 66.4 Å². The maximum absolute atomic E-state index is 2.58. The van der Waals surface area contributed by atoms with Gasteiger partial charge in [-0.25, -0.2) is 0 Å². The summed E-state index contributed by atoms with van der Waals surface area (Å²) in [5.74, 6) is 0. The van der Waals surface area contributed by atoms with Crippen LogP contribution in [0.1, 0.15) is 24.8 Å². The summed E-state index contributed by atoms with van der Waals surface area (Å²) in [7, 11) is 0. The van der Waals surface area contributed by atoms with Crippen LogP contribution in [0, 0.1) is 0 Å². The molecule has 0 unspecified atom stereocenters. The maximum atomic E-state index is 2.58. The van der Waals surface area contributed by atoms with Crippen LogP contribution < -0.4 is 0 Å². The smallest absolute Gasteiger partial charge is 0.0531 e. The summed E-state index contributed by atoms with van der Waals surface area (Å²) in [6.45, 7) is 3.57. The van der Waals surface area contributed by atoms with E-state index in [1.165, 1.54) is 54.5 Å². The number of piperidine rings is 1. The Hall–Kier alpha value is -2.06. The molecule has 0 N–H and O–H groups in total. The summed E-state index contributed by atoms with van der Waals surface area (Å²) in [5.41, 5.74) is 3.96. The summed E-state index contributed by atoms with van der Waals surface area (Å²) < 4.78 is 2.29. The van der Waals surface area contributed by atoms with E-state index < -0.39 is 0 Å². The van der Waals surface area contributed by atoms with Crippen molar-refractivity contribution < 1.29 is 0 Å². The van der Waals surface area contributed by atoms with Gasteiger partial charge in [0.1, 0.15) is 0 Å². The van der Waals surface area contributed by atoms with Crippen molar-refractivity contribution in [2.75, 3.05) is 13.1 Å². The number of para-hydroxylation sites is 1. The van der Waals surface area contributed by atoms with Crippen molar-refractivity contribution in [3.63, 3.8) is 0 Å². The van der Waals surface area contributed by atoms with Gasteiger partial charge in [-0.15, -0.1) is 0 Å². The van der Waals surface area contributed by atoms with E-state index in [0.717, 1.165) is 6.54 Å². The largest absolute Gasteiger partial charge is 0.317 e. The fourth-order valence-electron chi connectivity index (χ4n) is 3.46. The molecule has 0 amide bonds. The van der Waals surface area contributed by atoms with E-state index in [9.17, 15) is 0 Å². The molecule has 1 saturated heterocycles. The van der Waals surface area contributed by atoms with Gasteiger partial charge in [0, 0.05) is 18.4 Å². The quantitative estimate of drug-likeness (QED) is 0.683. The van der Waals surface area contributed by atoms with E-state index in [2.05, 4.69) is 70.3 Å². The minimum Gasteiger partial charge on any atom is -0.317 e. The van der Waals surface area contributed by atoms with Gasteiger partial charge in [-0.2, -0.15) is 0 Å². The van der Waals surface area contributed by atoms with Crippen molar-refractivity contribution in [2.24, 2.45) is 0 Å². The molecule has 1 fully saturated rings. The van der Waals surface area contributed by atoms with Crippen LogP contribution in [-0.2, 0) is 6.54 Å². The number of hydrogen-bond acceptors (Lipinski definition) is 1. The molecule has 112 valence electrons. The Labute approximate surface area is 132 Å². The third-order valence-electron chi connectivity index (χ3n) is 4.65. The molecule has 22 heavy (non-hydrogen) atoms. The molecule has 0 saturated carbocycles. The van der Waals surface area contributed by atoms with Gasteiger partial charge in [-0.1, -0.05) is 36.8 Å². The zero-order valence-corrected chi connectivity index (χ0v) is 12.9. The highest BCUT2D eigenvalue weighted by Gasteiger charge is 2.11. The highest BCUT2D eigenvalue weighted by Crippen LogP contribution is 2.23. The lowest BCUT2D eigenvalue weighted by molar-refractivity contribution is 0.221. The molecule has 1 aliphatic heterocycles. The molecule has 4 rings (SSSR count). The number of likely N-dealkylation sites (tertiary alicyclic amines) is 1. The van der Waals surface area contributed by atoms with Gasteiger partial charge in [0.2, 0.25) is 0 Å². The predicted molar refractivity (Wildman–Crippen MR) is 92.4 cm³/mol. The Kier molecular flexibility index (Phi) is 3.69. The molecular weight excluding hydrogens is 268 g/mol. The summed E-state index contributed by atoms with van der Waals surface area (Å²) in [6.07, 6.45) is 6.27. The molecule has 3 aromatic rings. The Morgan fingerprint density at radius 2 is 1.64 bits per heavy atom. The van der Waals surface area contributed by atoms with Crippen molar-refractivity contribution in [1.82, 2.24) is 9.47 Å². The third-order valence-corrected chi connectivity index (χ3v) is 4.65. The highest BCUT2D eigenvalue weighted by atomic mass is 15.1. The third kappa shape index (κ3) is 2.67.